The van der Waals surface area contributed by atoms with E-state index in [4.69, 9.17) is 9.97 Å². The summed E-state index contributed by atoms with van der Waals surface area (Å²) in [5, 5.41) is 3.97. The predicted octanol–water partition coefficient (Wildman–Crippen LogP) is 9.21. The van der Waals surface area contributed by atoms with E-state index < -0.39 is 5.54 Å². The van der Waals surface area contributed by atoms with E-state index in [1.807, 2.05) is 60.8 Å². The number of benzene rings is 5. The fraction of sp³-hybridized carbons (Fsp3) is 0.0238. The third-order valence-corrected chi connectivity index (χ3v) is 8.86. The van der Waals surface area contributed by atoms with Crippen molar-refractivity contribution in [2.75, 3.05) is 5.32 Å². The molecule has 2 N–H and O–H groups in total. The van der Waals surface area contributed by atoms with E-state index >= 15 is 0 Å². The maximum atomic E-state index is 12.1. The van der Waals surface area contributed by atoms with Gasteiger partial charge in [-0.3, -0.25) is 4.79 Å². The van der Waals surface area contributed by atoms with E-state index in [1.54, 1.807) is 0 Å². The highest BCUT2D eigenvalue weighted by Crippen LogP contribution is 2.45. The highest BCUT2D eigenvalue weighted by Gasteiger charge is 2.40. The molecule has 1 amide bonds. The number of carbonyl (C=O) groups excluding carboxylic acids is 1. The molecule has 0 fully saturated rings. The van der Waals surface area contributed by atoms with Gasteiger partial charge < -0.3 is 14.9 Å². The lowest BCUT2D eigenvalue weighted by Gasteiger charge is -2.38. The average molecular weight is 622 g/mol. The van der Waals surface area contributed by atoms with Crippen LogP contribution in [0.2, 0.25) is 0 Å². The molecule has 0 saturated heterocycles. The molecule has 0 atom stereocenters. The lowest BCUT2D eigenvalue weighted by atomic mass is 9.76. The number of rotatable bonds is 8. The van der Waals surface area contributed by atoms with Gasteiger partial charge in [0.25, 0.3) is 0 Å². The Balaban J connectivity index is 1.45. The molecule has 0 spiro atoms. The zero-order chi connectivity index (χ0) is 32.5. The minimum atomic E-state index is -0.780. The van der Waals surface area contributed by atoms with Crippen LogP contribution in [0.5, 0.6) is 0 Å². The highest BCUT2D eigenvalue weighted by molar-refractivity contribution is 5.99. The Morgan fingerprint density at radius 3 is 2.00 bits per heavy atom. The fourth-order valence-electron chi connectivity index (χ4n) is 6.71. The Morgan fingerprint density at radius 1 is 0.750 bits per heavy atom. The summed E-state index contributed by atoms with van der Waals surface area (Å²) in [5.41, 5.74) is 9.10. The fourth-order valence-corrected chi connectivity index (χ4v) is 6.71. The van der Waals surface area contributed by atoms with Gasteiger partial charge in [-0.1, -0.05) is 128 Å². The van der Waals surface area contributed by atoms with Crippen LogP contribution in [0.15, 0.2) is 171 Å². The zero-order valence-corrected chi connectivity index (χ0v) is 26.0. The maximum absolute atomic E-state index is 12.1. The minimum absolute atomic E-state index is 0.272. The van der Waals surface area contributed by atoms with Crippen molar-refractivity contribution in [1.82, 2.24) is 19.5 Å². The van der Waals surface area contributed by atoms with E-state index in [1.165, 1.54) is 6.08 Å². The zero-order valence-electron chi connectivity index (χ0n) is 26.0. The molecule has 0 aliphatic carbocycles. The Hall–Kier alpha value is -6.53. The van der Waals surface area contributed by atoms with Crippen LogP contribution in [0.25, 0.3) is 44.6 Å². The van der Waals surface area contributed by atoms with Gasteiger partial charge in [-0.2, -0.15) is 0 Å². The molecule has 230 valence electrons. The number of hydrogen-bond donors (Lipinski definition) is 2. The van der Waals surface area contributed by atoms with Crippen LogP contribution in [0.1, 0.15) is 16.7 Å². The van der Waals surface area contributed by atoms with Gasteiger partial charge in [0.05, 0.1) is 17.6 Å². The lowest BCUT2D eigenvalue weighted by molar-refractivity contribution is -0.111. The quantitative estimate of drug-likeness (QED) is 0.131. The predicted molar refractivity (Wildman–Crippen MR) is 194 cm³/mol. The van der Waals surface area contributed by atoms with Crippen molar-refractivity contribution in [2.24, 2.45) is 0 Å². The summed E-state index contributed by atoms with van der Waals surface area (Å²) in [4.78, 5) is 26.2. The van der Waals surface area contributed by atoms with Gasteiger partial charge in [0.1, 0.15) is 11.1 Å². The van der Waals surface area contributed by atoms with Crippen molar-refractivity contribution in [3.05, 3.63) is 187 Å². The van der Waals surface area contributed by atoms with Gasteiger partial charge in [-0.15, -0.1) is 0 Å². The van der Waals surface area contributed by atoms with Crippen LogP contribution in [0.3, 0.4) is 0 Å². The molecule has 3 aromatic heterocycles. The Morgan fingerprint density at radius 2 is 1.38 bits per heavy atom. The van der Waals surface area contributed by atoms with Gasteiger partial charge in [0.15, 0.2) is 5.65 Å². The minimum Gasteiger partial charge on any atom is -0.354 e. The van der Waals surface area contributed by atoms with Crippen LogP contribution < -0.4 is 5.32 Å². The summed E-state index contributed by atoms with van der Waals surface area (Å²) in [7, 11) is 0. The van der Waals surface area contributed by atoms with E-state index in [0.717, 1.165) is 55.6 Å². The first-order valence-corrected chi connectivity index (χ1v) is 15.8. The second-order valence-electron chi connectivity index (χ2n) is 11.7. The number of aromatic amines is 1. The van der Waals surface area contributed by atoms with Crippen molar-refractivity contribution >= 4 is 33.7 Å². The Labute approximate surface area is 278 Å². The number of nitrogens with one attached hydrogen (secondary N) is 2. The molecule has 6 heteroatoms. The third kappa shape index (κ3) is 4.87. The first kappa shape index (κ1) is 28.9. The number of carbonyl (C=O) groups is 1. The smallest absolute Gasteiger partial charge is 0.247 e. The van der Waals surface area contributed by atoms with Crippen molar-refractivity contribution in [2.45, 2.75) is 5.54 Å². The van der Waals surface area contributed by atoms with Crippen LogP contribution in [0, 0.1) is 0 Å². The van der Waals surface area contributed by atoms with Gasteiger partial charge in [0.2, 0.25) is 5.91 Å². The topological polar surface area (TPSA) is 75.6 Å². The largest absolute Gasteiger partial charge is 0.354 e. The Bertz CT molecular complexity index is 2280. The van der Waals surface area contributed by atoms with E-state index in [-0.39, 0.29) is 5.91 Å². The summed E-state index contributed by atoms with van der Waals surface area (Å²) in [6.07, 6.45) is 5.26. The molecule has 6 nitrogen and oxygen atoms in total. The third-order valence-electron chi connectivity index (χ3n) is 8.86. The molecule has 0 unspecified atom stereocenters. The summed E-state index contributed by atoms with van der Waals surface area (Å²) in [6, 6.07) is 49.8. The van der Waals surface area contributed by atoms with Crippen molar-refractivity contribution < 1.29 is 4.79 Å². The molecule has 0 aliphatic heterocycles. The van der Waals surface area contributed by atoms with Gasteiger partial charge >= 0.3 is 0 Å². The van der Waals surface area contributed by atoms with E-state index in [2.05, 4.69) is 119 Å². The SMILES string of the molecule is C=CC(=O)Nc1cccc(-c2cnc3c(n2)c(-c2cc4ccccc4[nH]2)cn3C(c2ccccc2)(c2ccccc2)c2ccccc2)c1. The molecule has 0 aliphatic rings. The molecular weight excluding hydrogens is 590 g/mol. The number of amides is 1. The maximum Gasteiger partial charge on any atom is 0.247 e. The van der Waals surface area contributed by atoms with Crippen LogP contribution in [-0.2, 0) is 10.3 Å². The van der Waals surface area contributed by atoms with Crippen molar-refractivity contribution in [3.63, 3.8) is 0 Å². The van der Waals surface area contributed by atoms with Gasteiger partial charge in [0, 0.05) is 33.9 Å². The number of aromatic nitrogens is 4. The molecule has 8 aromatic rings. The second kappa shape index (κ2) is 12.0. The summed E-state index contributed by atoms with van der Waals surface area (Å²) in [5.74, 6) is -0.272. The average Bonchev–Trinajstić information content (AvgIpc) is 3.75. The van der Waals surface area contributed by atoms with E-state index in [0.29, 0.717) is 11.4 Å². The van der Waals surface area contributed by atoms with Crippen molar-refractivity contribution in [3.8, 4) is 22.5 Å². The Kier molecular flexibility index (Phi) is 7.23. The normalized spacial score (nSPS) is 11.5. The number of fused-ring (bicyclic) bond motifs is 2. The van der Waals surface area contributed by atoms with E-state index in [9.17, 15) is 4.79 Å². The van der Waals surface area contributed by atoms with Gasteiger partial charge in [-0.25, -0.2) is 9.97 Å². The number of H-pyrrole nitrogens is 1. The number of para-hydroxylation sites is 1. The molecule has 0 saturated carbocycles. The van der Waals surface area contributed by atoms with Crippen molar-refractivity contribution in [1.29, 1.82) is 0 Å². The summed E-state index contributed by atoms with van der Waals surface area (Å²) >= 11 is 0. The van der Waals surface area contributed by atoms with Crippen LogP contribution in [-0.4, -0.2) is 25.4 Å². The first-order valence-electron chi connectivity index (χ1n) is 15.8. The van der Waals surface area contributed by atoms with Crippen LogP contribution in [0.4, 0.5) is 5.69 Å². The molecule has 3 heterocycles. The summed E-state index contributed by atoms with van der Waals surface area (Å²) in [6.45, 7) is 3.57. The molecule has 48 heavy (non-hydrogen) atoms. The molecular formula is C42H31N5O. The molecule has 0 bridgehead atoms. The number of hydrogen-bond acceptors (Lipinski definition) is 3. The monoisotopic (exact) mass is 621 g/mol. The second-order valence-corrected chi connectivity index (χ2v) is 11.7. The lowest BCUT2D eigenvalue weighted by Crippen LogP contribution is -2.37. The molecule has 0 radical (unpaired) electrons. The first-order chi connectivity index (χ1) is 23.6. The molecule has 5 aromatic carbocycles. The number of anilines is 1. The molecule has 8 rings (SSSR count). The standard InChI is InChI=1S/C42H31N5O/c1-2-39(48)44-34-23-14-16-29(25-34)38-27-43-41-40(46-38)35(37-26-30-15-12-13-24-36(30)45-37)28-47(41)42(31-17-6-3-7-18-31,32-19-8-4-9-20-32)33-21-10-5-11-22-33/h2-28,45H,1H2,(H,44,48). The number of nitrogens with zero attached hydrogens (tertiary/aromatic N) is 3. The van der Waals surface area contributed by atoms with Crippen LogP contribution >= 0.6 is 0 Å². The highest BCUT2D eigenvalue weighted by atomic mass is 16.1. The summed E-state index contributed by atoms with van der Waals surface area (Å²) < 4.78 is 2.28. The van der Waals surface area contributed by atoms with Gasteiger partial charge in [-0.05, 0) is 47.0 Å².